The Morgan fingerprint density at radius 3 is 2.44 bits per heavy atom. The lowest BCUT2D eigenvalue weighted by molar-refractivity contribution is -0.142. The molecular formula is C13H26N2O3. The normalized spacial score (nSPS) is 11.1. The monoisotopic (exact) mass is 258 g/mol. The van der Waals surface area contributed by atoms with Crippen molar-refractivity contribution in [1.82, 2.24) is 10.6 Å². The molecule has 0 aromatic rings. The predicted octanol–water partition coefficient (Wildman–Crippen LogP) is 1.22. The van der Waals surface area contributed by atoms with Gasteiger partial charge in [0.2, 0.25) is 5.91 Å². The van der Waals surface area contributed by atoms with Crippen molar-refractivity contribution in [3.8, 4) is 0 Å². The van der Waals surface area contributed by atoms with Crippen LogP contribution in [-0.2, 0) is 14.3 Å². The highest BCUT2D eigenvalue weighted by molar-refractivity contribution is 5.77. The van der Waals surface area contributed by atoms with Crippen molar-refractivity contribution < 1.29 is 14.3 Å². The molecule has 0 unspecified atom stereocenters. The van der Waals surface area contributed by atoms with Gasteiger partial charge in [0.25, 0.3) is 0 Å². The molecule has 5 heteroatoms. The zero-order valence-electron chi connectivity index (χ0n) is 12.0. The molecule has 0 radical (unpaired) electrons. The van der Waals surface area contributed by atoms with Crippen molar-refractivity contribution in [2.24, 2.45) is 0 Å². The molecular weight excluding hydrogens is 232 g/mol. The molecule has 0 aromatic heterocycles. The molecule has 0 aromatic carbocycles. The summed E-state index contributed by atoms with van der Waals surface area (Å²) in [5.41, 5.74) is -0.212. The molecule has 0 aliphatic rings. The van der Waals surface area contributed by atoms with E-state index in [-0.39, 0.29) is 24.0 Å². The Hall–Kier alpha value is -1.10. The third-order valence-electron chi connectivity index (χ3n) is 2.07. The van der Waals surface area contributed by atoms with Gasteiger partial charge >= 0.3 is 5.97 Å². The second kappa shape index (κ2) is 8.91. The van der Waals surface area contributed by atoms with Crippen molar-refractivity contribution in [3.63, 3.8) is 0 Å². The molecule has 0 aliphatic carbocycles. The van der Waals surface area contributed by atoms with Gasteiger partial charge in [-0.25, -0.2) is 0 Å². The number of rotatable bonds is 8. The Morgan fingerprint density at radius 2 is 1.89 bits per heavy atom. The summed E-state index contributed by atoms with van der Waals surface area (Å²) in [7, 11) is 0. The zero-order chi connectivity index (χ0) is 14.0. The minimum absolute atomic E-state index is 0.0191. The molecule has 0 aliphatic heterocycles. The summed E-state index contributed by atoms with van der Waals surface area (Å²) in [5.74, 6) is -0.283. The quantitative estimate of drug-likeness (QED) is 0.507. The first-order valence-electron chi connectivity index (χ1n) is 6.52. The van der Waals surface area contributed by atoms with Crippen molar-refractivity contribution in [3.05, 3.63) is 0 Å². The van der Waals surface area contributed by atoms with Gasteiger partial charge in [0.05, 0.1) is 13.2 Å². The van der Waals surface area contributed by atoms with Crippen LogP contribution in [0.25, 0.3) is 0 Å². The van der Waals surface area contributed by atoms with E-state index in [0.717, 1.165) is 12.8 Å². The lowest BCUT2D eigenvalue weighted by atomic mass is 10.1. The Morgan fingerprint density at radius 1 is 1.22 bits per heavy atom. The second-order valence-electron chi connectivity index (χ2n) is 5.30. The van der Waals surface area contributed by atoms with Gasteiger partial charge in [-0.2, -0.15) is 0 Å². The maximum absolute atomic E-state index is 11.4. The average Bonchev–Trinajstić information content (AvgIpc) is 2.22. The minimum atomic E-state index is -0.264. The SMILES string of the molecule is CCCCOC(=O)CNCCC(=O)NC(C)(C)C. The van der Waals surface area contributed by atoms with E-state index in [0.29, 0.717) is 19.6 Å². The van der Waals surface area contributed by atoms with Gasteiger partial charge in [-0.15, -0.1) is 0 Å². The smallest absolute Gasteiger partial charge is 0.319 e. The van der Waals surface area contributed by atoms with Gasteiger partial charge in [0.15, 0.2) is 0 Å². The molecule has 2 N–H and O–H groups in total. The summed E-state index contributed by atoms with van der Waals surface area (Å²) in [6, 6.07) is 0. The Kier molecular flexibility index (Phi) is 8.37. The van der Waals surface area contributed by atoms with Gasteiger partial charge in [0.1, 0.15) is 0 Å². The van der Waals surface area contributed by atoms with Crippen molar-refractivity contribution in [1.29, 1.82) is 0 Å². The Bertz CT molecular complexity index is 259. The molecule has 0 heterocycles. The van der Waals surface area contributed by atoms with Crippen LogP contribution in [0.15, 0.2) is 0 Å². The number of amides is 1. The largest absolute Gasteiger partial charge is 0.465 e. The molecule has 0 bridgehead atoms. The molecule has 0 fully saturated rings. The Balaban J connectivity index is 3.50. The number of carbonyl (C=O) groups is 2. The van der Waals surface area contributed by atoms with E-state index in [1.807, 2.05) is 27.7 Å². The first-order chi connectivity index (χ1) is 8.35. The van der Waals surface area contributed by atoms with Gasteiger partial charge in [-0.05, 0) is 27.2 Å². The Labute approximate surface area is 110 Å². The number of nitrogens with one attached hydrogen (secondary N) is 2. The van der Waals surface area contributed by atoms with Crippen molar-refractivity contribution in [2.45, 2.75) is 52.5 Å². The van der Waals surface area contributed by atoms with E-state index in [1.54, 1.807) is 0 Å². The van der Waals surface area contributed by atoms with E-state index in [1.165, 1.54) is 0 Å². The fourth-order valence-electron chi connectivity index (χ4n) is 1.25. The molecule has 0 rings (SSSR count). The lowest BCUT2D eigenvalue weighted by Gasteiger charge is -2.20. The number of carbonyl (C=O) groups excluding carboxylic acids is 2. The summed E-state index contributed by atoms with van der Waals surface area (Å²) >= 11 is 0. The summed E-state index contributed by atoms with van der Waals surface area (Å²) in [6.45, 7) is 8.95. The van der Waals surface area contributed by atoms with Crippen LogP contribution in [-0.4, -0.2) is 37.1 Å². The maximum atomic E-state index is 11.4. The van der Waals surface area contributed by atoms with Crippen molar-refractivity contribution in [2.75, 3.05) is 19.7 Å². The molecule has 0 saturated carbocycles. The van der Waals surface area contributed by atoms with Gasteiger partial charge in [-0.1, -0.05) is 13.3 Å². The second-order valence-corrected chi connectivity index (χ2v) is 5.30. The predicted molar refractivity (Wildman–Crippen MR) is 71.2 cm³/mol. The summed E-state index contributed by atoms with van der Waals surface area (Å²) < 4.78 is 4.97. The molecule has 0 atom stereocenters. The third-order valence-corrected chi connectivity index (χ3v) is 2.07. The standard InChI is InChI=1S/C13H26N2O3/c1-5-6-9-18-12(17)10-14-8-7-11(16)15-13(2,3)4/h14H,5-10H2,1-4H3,(H,15,16). The first-order valence-corrected chi connectivity index (χ1v) is 6.52. The minimum Gasteiger partial charge on any atom is -0.465 e. The molecule has 106 valence electrons. The molecule has 1 amide bonds. The highest BCUT2D eigenvalue weighted by Gasteiger charge is 2.13. The van der Waals surface area contributed by atoms with Crippen LogP contribution >= 0.6 is 0 Å². The van der Waals surface area contributed by atoms with Crippen LogP contribution in [0.2, 0.25) is 0 Å². The van der Waals surface area contributed by atoms with E-state index >= 15 is 0 Å². The van der Waals surface area contributed by atoms with E-state index in [2.05, 4.69) is 10.6 Å². The maximum Gasteiger partial charge on any atom is 0.319 e. The fourth-order valence-corrected chi connectivity index (χ4v) is 1.25. The summed E-state index contributed by atoms with van der Waals surface area (Å²) in [6.07, 6.45) is 2.26. The topological polar surface area (TPSA) is 67.4 Å². The summed E-state index contributed by atoms with van der Waals surface area (Å²) in [5, 5.41) is 5.75. The average molecular weight is 258 g/mol. The zero-order valence-corrected chi connectivity index (χ0v) is 12.0. The van der Waals surface area contributed by atoms with Crippen LogP contribution in [0.3, 0.4) is 0 Å². The van der Waals surface area contributed by atoms with E-state index < -0.39 is 0 Å². The molecule has 0 saturated heterocycles. The number of ether oxygens (including phenoxy) is 1. The molecule has 5 nitrogen and oxygen atoms in total. The summed E-state index contributed by atoms with van der Waals surface area (Å²) in [4.78, 5) is 22.7. The fraction of sp³-hybridized carbons (Fsp3) is 0.846. The van der Waals surface area contributed by atoms with Gasteiger partial charge in [0, 0.05) is 18.5 Å². The number of hydrogen-bond acceptors (Lipinski definition) is 4. The van der Waals surface area contributed by atoms with Crippen LogP contribution in [0.4, 0.5) is 0 Å². The van der Waals surface area contributed by atoms with Gasteiger partial charge < -0.3 is 15.4 Å². The van der Waals surface area contributed by atoms with E-state index in [4.69, 9.17) is 4.74 Å². The lowest BCUT2D eigenvalue weighted by Crippen LogP contribution is -2.41. The molecule has 18 heavy (non-hydrogen) atoms. The van der Waals surface area contributed by atoms with Crippen LogP contribution in [0.5, 0.6) is 0 Å². The van der Waals surface area contributed by atoms with Crippen molar-refractivity contribution >= 4 is 11.9 Å². The third kappa shape index (κ3) is 11.4. The van der Waals surface area contributed by atoms with Crippen LogP contribution in [0.1, 0.15) is 47.0 Å². The van der Waals surface area contributed by atoms with E-state index in [9.17, 15) is 9.59 Å². The van der Waals surface area contributed by atoms with Crippen LogP contribution < -0.4 is 10.6 Å². The number of hydrogen-bond donors (Lipinski definition) is 2. The van der Waals surface area contributed by atoms with Gasteiger partial charge in [-0.3, -0.25) is 9.59 Å². The highest BCUT2D eigenvalue weighted by Crippen LogP contribution is 1.98. The highest BCUT2D eigenvalue weighted by atomic mass is 16.5. The number of esters is 1. The van der Waals surface area contributed by atoms with Crippen LogP contribution in [0, 0.1) is 0 Å². The number of unbranched alkanes of at least 4 members (excludes halogenated alkanes) is 1. The molecule has 0 spiro atoms. The first kappa shape index (κ1) is 16.9.